The quantitative estimate of drug-likeness (QED) is 0.194. The molecular weight excluding hydrogens is 572 g/mol. The molecule has 0 radical (unpaired) electrons. The summed E-state index contributed by atoms with van der Waals surface area (Å²) in [7, 11) is -8.21. The number of nitrogens with two attached hydrogens (primary N) is 1. The van der Waals surface area contributed by atoms with Crippen LogP contribution in [-0.2, 0) is 34.4 Å². The van der Waals surface area contributed by atoms with Crippen LogP contribution in [0.25, 0.3) is 0 Å². The van der Waals surface area contributed by atoms with E-state index >= 15 is 0 Å². The van der Waals surface area contributed by atoms with Gasteiger partial charge in [-0.3, -0.25) is 14.4 Å². The van der Waals surface area contributed by atoms with Gasteiger partial charge in [0, 0.05) is 13.1 Å². The molecule has 0 aliphatic heterocycles. The Morgan fingerprint density at radius 2 is 1.54 bits per heavy atom. The number of carboxylic acids is 1. The summed E-state index contributed by atoms with van der Waals surface area (Å²) < 4.78 is 55.2. The van der Waals surface area contributed by atoms with Gasteiger partial charge in [-0.25, -0.2) is 16.8 Å². The molecule has 0 aliphatic rings. The molecule has 2 rings (SSSR count). The third kappa shape index (κ3) is 10.2. The van der Waals surface area contributed by atoms with Crippen LogP contribution in [0.3, 0.4) is 0 Å². The first-order chi connectivity index (χ1) is 19.1. The van der Waals surface area contributed by atoms with Crippen molar-refractivity contribution in [2.45, 2.75) is 68.3 Å². The second kappa shape index (κ2) is 15.1. The van der Waals surface area contributed by atoms with Gasteiger partial charge in [0.25, 0.3) is 0 Å². The molecule has 0 saturated carbocycles. The fraction of sp³-hybridized carbons (Fsp3) is 0.444. The second-order valence-corrected chi connectivity index (χ2v) is 13.7. The molecule has 41 heavy (non-hydrogen) atoms. The smallest absolute Gasteiger partial charge is 0.322 e. The first-order valence-electron chi connectivity index (χ1n) is 13.1. The lowest BCUT2D eigenvalue weighted by molar-refractivity contribution is -0.142. The van der Waals surface area contributed by atoms with Crippen LogP contribution >= 0.6 is 0 Å². The summed E-state index contributed by atoms with van der Waals surface area (Å²) in [5.74, 6) is -3.09. The number of unbranched alkanes of at least 4 members (excludes halogenated alkanes) is 1. The number of carbonyl (C=O) groups excluding carboxylic acids is 2. The van der Waals surface area contributed by atoms with Crippen LogP contribution in [0.2, 0.25) is 0 Å². The number of primary amides is 1. The minimum absolute atomic E-state index is 0.000265. The number of carbonyl (C=O) groups is 3. The van der Waals surface area contributed by atoms with Crippen molar-refractivity contribution in [3.63, 3.8) is 0 Å². The van der Waals surface area contributed by atoms with Gasteiger partial charge in [0.15, 0.2) is 0 Å². The topological polar surface area (TPSA) is 193 Å². The SMILES string of the molecule is Cc1ccc(S(=O)(=O)N(CC(C)C)[C@@H](CCCCNC(=O)[C@H](CC(N)=O)NS(=O)(=O)c2ccccc2)C(=O)O)cc1. The van der Waals surface area contributed by atoms with Crippen LogP contribution in [0.4, 0.5) is 0 Å². The number of hydrogen-bond donors (Lipinski definition) is 4. The van der Waals surface area contributed by atoms with Crippen molar-refractivity contribution in [3.05, 3.63) is 60.2 Å². The summed E-state index contributed by atoms with van der Waals surface area (Å²) in [4.78, 5) is 36.3. The second-order valence-electron chi connectivity index (χ2n) is 10.1. The van der Waals surface area contributed by atoms with E-state index in [4.69, 9.17) is 5.73 Å². The maximum atomic E-state index is 13.4. The van der Waals surface area contributed by atoms with E-state index in [1.807, 2.05) is 6.92 Å². The molecule has 0 bridgehead atoms. The third-order valence-electron chi connectivity index (χ3n) is 6.08. The molecule has 0 spiro atoms. The molecule has 12 nitrogen and oxygen atoms in total. The molecule has 2 aromatic carbocycles. The van der Waals surface area contributed by atoms with E-state index in [1.165, 1.54) is 36.4 Å². The number of carboxylic acid groups (broad SMARTS) is 1. The molecule has 2 aromatic rings. The summed E-state index contributed by atoms with van der Waals surface area (Å²) >= 11 is 0. The minimum Gasteiger partial charge on any atom is -0.480 e. The zero-order valence-corrected chi connectivity index (χ0v) is 24.9. The summed E-state index contributed by atoms with van der Waals surface area (Å²) in [6.07, 6.45) is -0.0792. The van der Waals surface area contributed by atoms with Crippen molar-refractivity contribution in [2.75, 3.05) is 13.1 Å². The highest BCUT2D eigenvalue weighted by atomic mass is 32.2. The van der Waals surface area contributed by atoms with Gasteiger partial charge in [-0.1, -0.05) is 49.7 Å². The Kier molecular flexibility index (Phi) is 12.4. The van der Waals surface area contributed by atoms with Gasteiger partial charge in [-0.2, -0.15) is 9.03 Å². The average molecular weight is 611 g/mol. The van der Waals surface area contributed by atoms with Gasteiger partial charge >= 0.3 is 5.97 Å². The molecule has 226 valence electrons. The average Bonchev–Trinajstić information content (AvgIpc) is 2.89. The summed E-state index contributed by atoms with van der Waals surface area (Å²) in [5, 5.41) is 12.5. The predicted octanol–water partition coefficient (Wildman–Crippen LogP) is 1.60. The lowest BCUT2D eigenvalue weighted by Gasteiger charge is -2.29. The van der Waals surface area contributed by atoms with E-state index in [0.29, 0.717) is 0 Å². The van der Waals surface area contributed by atoms with Crippen LogP contribution in [0.1, 0.15) is 45.1 Å². The molecule has 0 aromatic heterocycles. The van der Waals surface area contributed by atoms with Crippen molar-refractivity contribution in [2.24, 2.45) is 11.7 Å². The highest BCUT2D eigenvalue weighted by Gasteiger charge is 2.36. The number of nitrogens with zero attached hydrogens (tertiary/aromatic N) is 1. The number of benzene rings is 2. The molecule has 0 fully saturated rings. The normalized spacial score (nSPS) is 13.6. The maximum Gasteiger partial charge on any atom is 0.322 e. The highest BCUT2D eigenvalue weighted by molar-refractivity contribution is 7.89. The number of aryl methyl sites for hydroxylation is 1. The predicted molar refractivity (Wildman–Crippen MR) is 153 cm³/mol. The minimum atomic E-state index is -4.11. The Hall–Kier alpha value is -3.33. The van der Waals surface area contributed by atoms with Crippen LogP contribution in [0.15, 0.2) is 64.4 Å². The first-order valence-corrected chi connectivity index (χ1v) is 16.0. The molecule has 2 amide bonds. The third-order valence-corrected chi connectivity index (χ3v) is 9.46. The number of amides is 2. The lowest BCUT2D eigenvalue weighted by atomic mass is 10.1. The number of rotatable bonds is 17. The first kappa shape index (κ1) is 33.9. The Morgan fingerprint density at radius 3 is 2.07 bits per heavy atom. The van der Waals surface area contributed by atoms with E-state index in [-0.39, 0.29) is 48.1 Å². The lowest BCUT2D eigenvalue weighted by Crippen LogP contribution is -2.48. The number of aliphatic carboxylic acids is 1. The zero-order chi connectivity index (χ0) is 30.8. The van der Waals surface area contributed by atoms with Crippen LogP contribution < -0.4 is 15.8 Å². The fourth-order valence-corrected chi connectivity index (χ4v) is 7.02. The Labute approximate surface area is 241 Å². The molecule has 0 aliphatic carbocycles. The van der Waals surface area contributed by atoms with Crippen LogP contribution in [0.5, 0.6) is 0 Å². The maximum absolute atomic E-state index is 13.4. The van der Waals surface area contributed by atoms with E-state index in [0.717, 1.165) is 9.87 Å². The van der Waals surface area contributed by atoms with Gasteiger partial charge in [0.2, 0.25) is 31.9 Å². The molecular formula is C27H38N4O8S2. The van der Waals surface area contributed by atoms with Gasteiger partial charge in [-0.15, -0.1) is 0 Å². The molecule has 0 unspecified atom stereocenters. The summed E-state index contributed by atoms with van der Waals surface area (Å²) in [5.41, 5.74) is 6.07. The van der Waals surface area contributed by atoms with E-state index in [1.54, 1.807) is 32.0 Å². The van der Waals surface area contributed by atoms with E-state index in [2.05, 4.69) is 10.0 Å². The van der Waals surface area contributed by atoms with E-state index in [9.17, 15) is 36.3 Å². The summed E-state index contributed by atoms with van der Waals surface area (Å²) in [6, 6.07) is 10.7. The monoisotopic (exact) mass is 610 g/mol. The van der Waals surface area contributed by atoms with Gasteiger partial charge in [-0.05, 0) is 56.4 Å². The Bertz CT molecular complexity index is 1400. The highest BCUT2D eigenvalue weighted by Crippen LogP contribution is 2.23. The number of nitrogens with one attached hydrogen (secondary N) is 2. The van der Waals surface area contributed by atoms with Crippen LogP contribution in [-0.4, -0.2) is 69.2 Å². The fourth-order valence-electron chi connectivity index (χ4n) is 4.03. The van der Waals surface area contributed by atoms with Crippen molar-refractivity contribution in [1.82, 2.24) is 14.3 Å². The largest absolute Gasteiger partial charge is 0.480 e. The Morgan fingerprint density at radius 1 is 0.927 bits per heavy atom. The zero-order valence-electron chi connectivity index (χ0n) is 23.3. The molecule has 0 saturated heterocycles. The van der Waals surface area contributed by atoms with Gasteiger partial charge in [0.1, 0.15) is 12.1 Å². The number of sulfonamides is 2. The van der Waals surface area contributed by atoms with Crippen molar-refractivity contribution in [1.29, 1.82) is 0 Å². The molecule has 5 N–H and O–H groups in total. The van der Waals surface area contributed by atoms with Crippen LogP contribution in [0, 0.1) is 12.8 Å². The Balaban J connectivity index is 2.06. The summed E-state index contributed by atoms with van der Waals surface area (Å²) in [6.45, 7) is 5.43. The molecule has 0 heterocycles. The number of hydrogen-bond acceptors (Lipinski definition) is 7. The van der Waals surface area contributed by atoms with Gasteiger partial charge in [0.05, 0.1) is 16.2 Å². The molecule has 14 heteroatoms. The van der Waals surface area contributed by atoms with Crippen molar-refractivity contribution in [3.8, 4) is 0 Å². The van der Waals surface area contributed by atoms with Crippen molar-refractivity contribution < 1.29 is 36.3 Å². The van der Waals surface area contributed by atoms with Gasteiger partial charge < -0.3 is 16.2 Å². The van der Waals surface area contributed by atoms with E-state index < -0.39 is 56.3 Å². The standard InChI is InChI=1S/C27H38N4O8S2/c1-19(2)18-31(41(38,39)22-14-12-20(3)13-15-22)24(27(34)35)11-7-8-16-29-26(33)23(17-25(28)32)30-40(36,37)21-9-5-4-6-10-21/h4-6,9-10,12-15,19,23-24,30H,7-8,11,16-18H2,1-3H3,(H2,28,32)(H,29,33)(H,34,35)/t23-,24-/m0/s1. The molecule has 2 atom stereocenters. The van der Waals surface area contributed by atoms with Crippen molar-refractivity contribution >= 4 is 37.8 Å².